The summed E-state index contributed by atoms with van der Waals surface area (Å²) in [7, 11) is 0. The van der Waals surface area contributed by atoms with Crippen LogP contribution in [0.2, 0.25) is 0 Å². The van der Waals surface area contributed by atoms with Crippen molar-refractivity contribution >= 4 is 5.91 Å². The third-order valence-electron chi connectivity index (χ3n) is 5.07. The third kappa shape index (κ3) is 2.60. The number of amides is 1. The lowest BCUT2D eigenvalue weighted by Gasteiger charge is -2.40. The first-order chi connectivity index (χ1) is 12.8. The SMILES string of the molecule is CCOC1(C2=CCCC=C2)c2ccccc2C(=O)N1Cc1ccccc1. The van der Waals surface area contributed by atoms with E-state index in [9.17, 15) is 4.79 Å². The average molecular weight is 345 g/mol. The Hall–Kier alpha value is -2.65. The Balaban J connectivity index is 1.88. The van der Waals surface area contributed by atoms with Crippen LogP contribution in [0.4, 0.5) is 0 Å². The summed E-state index contributed by atoms with van der Waals surface area (Å²) in [6.45, 7) is 3.03. The van der Waals surface area contributed by atoms with Crippen LogP contribution in [0.15, 0.2) is 78.4 Å². The van der Waals surface area contributed by atoms with Crippen molar-refractivity contribution in [3.63, 3.8) is 0 Å². The topological polar surface area (TPSA) is 29.5 Å². The van der Waals surface area contributed by atoms with Crippen LogP contribution in [0.5, 0.6) is 0 Å². The van der Waals surface area contributed by atoms with Crippen LogP contribution in [0.1, 0.15) is 41.3 Å². The molecule has 2 aliphatic rings. The highest BCUT2D eigenvalue weighted by atomic mass is 16.5. The molecule has 3 heteroatoms. The number of carbonyl (C=O) groups is 1. The molecule has 0 spiro atoms. The van der Waals surface area contributed by atoms with E-state index in [4.69, 9.17) is 4.74 Å². The molecule has 1 heterocycles. The van der Waals surface area contributed by atoms with Gasteiger partial charge in [-0.2, -0.15) is 0 Å². The third-order valence-corrected chi connectivity index (χ3v) is 5.07. The quantitative estimate of drug-likeness (QED) is 0.778. The van der Waals surface area contributed by atoms with E-state index in [-0.39, 0.29) is 5.91 Å². The van der Waals surface area contributed by atoms with Crippen LogP contribution in [-0.4, -0.2) is 17.4 Å². The first-order valence-electron chi connectivity index (χ1n) is 9.24. The van der Waals surface area contributed by atoms with E-state index < -0.39 is 5.72 Å². The van der Waals surface area contributed by atoms with E-state index in [1.165, 1.54) is 0 Å². The zero-order valence-electron chi connectivity index (χ0n) is 15.0. The molecule has 0 aromatic heterocycles. The molecule has 1 amide bonds. The van der Waals surface area contributed by atoms with E-state index in [0.29, 0.717) is 13.2 Å². The van der Waals surface area contributed by atoms with Crippen molar-refractivity contribution in [1.29, 1.82) is 0 Å². The van der Waals surface area contributed by atoms with Crippen molar-refractivity contribution in [2.45, 2.75) is 32.0 Å². The minimum absolute atomic E-state index is 0.0257. The lowest BCUT2D eigenvalue weighted by atomic mass is 9.89. The van der Waals surface area contributed by atoms with Gasteiger partial charge in [0.05, 0.1) is 0 Å². The maximum absolute atomic E-state index is 13.3. The summed E-state index contributed by atoms with van der Waals surface area (Å²) in [5, 5.41) is 0. The van der Waals surface area contributed by atoms with Gasteiger partial charge in [-0.1, -0.05) is 66.8 Å². The molecule has 1 atom stereocenters. The summed E-state index contributed by atoms with van der Waals surface area (Å²) in [5.41, 5.74) is 2.98. The second-order valence-corrected chi connectivity index (χ2v) is 6.64. The highest BCUT2D eigenvalue weighted by Crippen LogP contribution is 2.47. The fourth-order valence-corrected chi connectivity index (χ4v) is 3.97. The number of carbonyl (C=O) groups excluding carboxylic acids is 1. The second-order valence-electron chi connectivity index (χ2n) is 6.64. The lowest BCUT2D eigenvalue weighted by molar-refractivity contribution is -0.108. The van der Waals surface area contributed by atoms with Crippen molar-refractivity contribution in [1.82, 2.24) is 4.90 Å². The Morgan fingerprint density at radius 3 is 2.54 bits per heavy atom. The van der Waals surface area contributed by atoms with Crippen LogP contribution in [0.25, 0.3) is 0 Å². The molecule has 1 aliphatic carbocycles. The molecule has 26 heavy (non-hydrogen) atoms. The first-order valence-corrected chi connectivity index (χ1v) is 9.24. The molecular weight excluding hydrogens is 322 g/mol. The van der Waals surface area contributed by atoms with E-state index in [1.807, 2.05) is 54.3 Å². The molecule has 2 aromatic rings. The minimum Gasteiger partial charge on any atom is -0.347 e. The van der Waals surface area contributed by atoms with Gasteiger partial charge in [-0.25, -0.2) is 0 Å². The van der Waals surface area contributed by atoms with Gasteiger partial charge in [-0.15, -0.1) is 0 Å². The molecule has 1 unspecified atom stereocenters. The Morgan fingerprint density at radius 1 is 1.04 bits per heavy atom. The second kappa shape index (κ2) is 6.93. The number of ether oxygens (including phenoxy) is 1. The number of hydrogen-bond donors (Lipinski definition) is 0. The molecule has 0 radical (unpaired) electrons. The van der Waals surface area contributed by atoms with Crippen molar-refractivity contribution in [2.24, 2.45) is 0 Å². The van der Waals surface area contributed by atoms with Crippen LogP contribution >= 0.6 is 0 Å². The van der Waals surface area contributed by atoms with Gasteiger partial charge >= 0.3 is 0 Å². The first kappa shape index (κ1) is 16.8. The minimum atomic E-state index is -0.852. The largest absolute Gasteiger partial charge is 0.347 e. The maximum Gasteiger partial charge on any atom is 0.257 e. The fourth-order valence-electron chi connectivity index (χ4n) is 3.97. The van der Waals surface area contributed by atoms with Crippen molar-refractivity contribution in [2.75, 3.05) is 6.61 Å². The Morgan fingerprint density at radius 2 is 1.81 bits per heavy atom. The molecule has 0 fully saturated rings. The highest BCUT2D eigenvalue weighted by molar-refractivity contribution is 6.00. The fraction of sp³-hybridized carbons (Fsp3) is 0.261. The van der Waals surface area contributed by atoms with Crippen molar-refractivity contribution in [3.8, 4) is 0 Å². The number of rotatable bonds is 5. The molecule has 0 saturated carbocycles. The summed E-state index contributed by atoms with van der Waals surface area (Å²) < 4.78 is 6.40. The van der Waals surface area contributed by atoms with Crippen molar-refractivity contribution in [3.05, 3.63) is 95.1 Å². The van der Waals surface area contributed by atoms with Gasteiger partial charge < -0.3 is 4.74 Å². The standard InChI is InChI=1S/C23H23NO2/c1-2-26-23(19-13-7-4-8-14-19)21-16-10-9-15-20(21)22(25)24(23)17-18-11-5-3-6-12-18/h3,5-7,9-16H,2,4,8,17H2,1H3. The van der Waals surface area contributed by atoms with Gasteiger partial charge in [0.1, 0.15) is 0 Å². The number of allylic oxidation sites excluding steroid dienone is 2. The molecule has 3 nitrogen and oxygen atoms in total. The van der Waals surface area contributed by atoms with E-state index in [0.717, 1.165) is 35.1 Å². The Kier molecular flexibility index (Phi) is 4.48. The monoisotopic (exact) mass is 345 g/mol. The Bertz CT molecular complexity index is 869. The summed E-state index contributed by atoms with van der Waals surface area (Å²) >= 11 is 0. The summed E-state index contributed by atoms with van der Waals surface area (Å²) in [4.78, 5) is 15.2. The number of nitrogens with zero attached hydrogens (tertiary/aromatic N) is 1. The zero-order chi connectivity index (χ0) is 18.0. The summed E-state index contributed by atoms with van der Waals surface area (Å²) in [5.74, 6) is 0.0257. The molecule has 4 rings (SSSR count). The molecular formula is C23H23NO2. The van der Waals surface area contributed by atoms with E-state index >= 15 is 0 Å². The summed E-state index contributed by atoms with van der Waals surface area (Å²) in [6, 6.07) is 17.9. The Labute approximate surface area is 154 Å². The molecule has 132 valence electrons. The van der Waals surface area contributed by atoms with Gasteiger partial charge in [0.25, 0.3) is 5.91 Å². The molecule has 1 aliphatic heterocycles. The van der Waals surface area contributed by atoms with Gasteiger partial charge in [-0.3, -0.25) is 9.69 Å². The maximum atomic E-state index is 13.3. The van der Waals surface area contributed by atoms with Gasteiger partial charge in [0.2, 0.25) is 0 Å². The van der Waals surface area contributed by atoms with Crippen LogP contribution < -0.4 is 0 Å². The van der Waals surface area contributed by atoms with E-state index in [2.05, 4.69) is 30.4 Å². The molecule has 0 saturated heterocycles. The molecule has 2 aromatic carbocycles. The lowest BCUT2D eigenvalue weighted by Crippen LogP contribution is -2.47. The molecule has 0 N–H and O–H groups in total. The molecule has 0 bridgehead atoms. The number of hydrogen-bond acceptors (Lipinski definition) is 2. The van der Waals surface area contributed by atoms with Crippen LogP contribution in [0, 0.1) is 0 Å². The number of benzene rings is 2. The number of fused-ring (bicyclic) bond motifs is 1. The smallest absolute Gasteiger partial charge is 0.257 e. The van der Waals surface area contributed by atoms with Gasteiger partial charge in [-0.05, 0) is 31.4 Å². The normalized spacial score (nSPS) is 21.7. The van der Waals surface area contributed by atoms with Crippen molar-refractivity contribution < 1.29 is 9.53 Å². The predicted octanol–water partition coefficient (Wildman–Crippen LogP) is 4.81. The van der Waals surface area contributed by atoms with Gasteiger partial charge in [0, 0.05) is 29.9 Å². The van der Waals surface area contributed by atoms with Gasteiger partial charge in [0.15, 0.2) is 5.72 Å². The highest BCUT2D eigenvalue weighted by Gasteiger charge is 2.52. The van der Waals surface area contributed by atoms with Crippen LogP contribution in [-0.2, 0) is 17.0 Å². The van der Waals surface area contributed by atoms with Crippen LogP contribution in [0.3, 0.4) is 0 Å². The predicted molar refractivity (Wildman–Crippen MR) is 103 cm³/mol. The van der Waals surface area contributed by atoms with E-state index in [1.54, 1.807) is 0 Å². The average Bonchev–Trinajstić information content (AvgIpc) is 2.94. The zero-order valence-corrected chi connectivity index (χ0v) is 15.0. The summed E-state index contributed by atoms with van der Waals surface area (Å²) in [6.07, 6.45) is 8.49.